The summed E-state index contributed by atoms with van der Waals surface area (Å²) in [7, 11) is 2.02. The van der Waals surface area contributed by atoms with Crippen molar-refractivity contribution in [1.82, 2.24) is 5.32 Å². The lowest BCUT2D eigenvalue weighted by atomic mass is 10.2. The lowest BCUT2D eigenvalue weighted by Gasteiger charge is -2.27. The summed E-state index contributed by atoms with van der Waals surface area (Å²) in [6.45, 7) is 5.14. The highest BCUT2D eigenvalue weighted by Gasteiger charge is 2.11. The monoisotopic (exact) mass is 327 g/mol. The van der Waals surface area contributed by atoms with Gasteiger partial charge in [0, 0.05) is 37.1 Å². The Hall–Kier alpha value is -2.69. The van der Waals surface area contributed by atoms with Gasteiger partial charge in [0.15, 0.2) is 0 Å². The van der Waals surface area contributed by atoms with Crippen LogP contribution >= 0.6 is 0 Å². The molecule has 128 valence electrons. The van der Waals surface area contributed by atoms with Gasteiger partial charge in [-0.25, -0.2) is 4.79 Å². The van der Waals surface area contributed by atoms with E-state index in [1.807, 2.05) is 56.4 Å². The summed E-state index contributed by atoms with van der Waals surface area (Å²) in [5.41, 5.74) is 1.83. The van der Waals surface area contributed by atoms with Gasteiger partial charge in [0.05, 0.1) is 6.61 Å². The minimum absolute atomic E-state index is 0.174. The molecular formula is C19H25N3O2. The molecule has 2 rings (SSSR count). The van der Waals surface area contributed by atoms with Crippen LogP contribution in [0.15, 0.2) is 54.6 Å². The molecule has 0 fully saturated rings. The Bertz CT molecular complexity index is 646. The zero-order valence-corrected chi connectivity index (χ0v) is 14.5. The van der Waals surface area contributed by atoms with E-state index >= 15 is 0 Å². The highest BCUT2D eigenvalue weighted by Crippen LogP contribution is 2.17. The zero-order chi connectivity index (χ0) is 17.4. The minimum Gasteiger partial charge on any atom is -0.494 e. The Labute approximate surface area is 143 Å². The van der Waals surface area contributed by atoms with Gasteiger partial charge in [-0.2, -0.15) is 0 Å². The normalized spacial score (nSPS) is 11.5. The van der Waals surface area contributed by atoms with E-state index in [1.54, 1.807) is 0 Å². The highest BCUT2D eigenvalue weighted by atomic mass is 16.5. The van der Waals surface area contributed by atoms with Crippen LogP contribution < -0.4 is 20.3 Å². The smallest absolute Gasteiger partial charge is 0.319 e. The molecule has 2 N–H and O–H groups in total. The van der Waals surface area contributed by atoms with Crippen LogP contribution in [-0.2, 0) is 0 Å². The first-order valence-electron chi connectivity index (χ1n) is 8.15. The Morgan fingerprint density at radius 3 is 2.62 bits per heavy atom. The molecule has 24 heavy (non-hydrogen) atoms. The largest absolute Gasteiger partial charge is 0.494 e. The molecule has 1 unspecified atom stereocenters. The standard InChI is InChI=1S/C19H25N3O2/c1-4-24-18-12-8-9-16(13-18)21-19(23)20-14-15(2)22(3)17-10-6-5-7-11-17/h5-13,15H,4,14H2,1-3H3,(H2,20,21,23). The van der Waals surface area contributed by atoms with E-state index in [0.29, 0.717) is 18.8 Å². The Morgan fingerprint density at radius 2 is 1.92 bits per heavy atom. The molecule has 2 aromatic rings. The molecule has 2 amide bonds. The van der Waals surface area contributed by atoms with Gasteiger partial charge in [-0.3, -0.25) is 0 Å². The van der Waals surface area contributed by atoms with E-state index in [2.05, 4.69) is 34.6 Å². The maximum atomic E-state index is 12.1. The van der Waals surface area contributed by atoms with Crippen molar-refractivity contribution in [2.45, 2.75) is 19.9 Å². The van der Waals surface area contributed by atoms with Crippen molar-refractivity contribution < 1.29 is 9.53 Å². The SMILES string of the molecule is CCOc1cccc(NC(=O)NCC(C)N(C)c2ccccc2)c1. The maximum Gasteiger partial charge on any atom is 0.319 e. The third-order valence-electron chi connectivity index (χ3n) is 3.79. The summed E-state index contributed by atoms with van der Waals surface area (Å²) in [6, 6.07) is 17.4. The van der Waals surface area contributed by atoms with Crippen molar-refractivity contribution >= 4 is 17.4 Å². The molecule has 0 saturated heterocycles. The second kappa shape index (κ2) is 8.82. The van der Waals surface area contributed by atoms with E-state index in [9.17, 15) is 4.79 Å². The number of urea groups is 1. The molecule has 0 spiro atoms. The Morgan fingerprint density at radius 1 is 1.17 bits per heavy atom. The zero-order valence-electron chi connectivity index (χ0n) is 14.5. The number of likely N-dealkylation sites (N-methyl/N-ethyl adjacent to an activating group) is 1. The number of rotatable bonds is 7. The quantitative estimate of drug-likeness (QED) is 0.815. The van der Waals surface area contributed by atoms with Crippen LogP contribution in [-0.4, -0.2) is 32.3 Å². The predicted octanol–water partition coefficient (Wildman–Crippen LogP) is 3.73. The van der Waals surface area contributed by atoms with Crippen LogP contribution in [0.1, 0.15) is 13.8 Å². The first-order valence-corrected chi connectivity index (χ1v) is 8.15. The van der Waals surface area contributed by atoms with Crippen molar-refractivity contribution in [1.29, 1.82) is 0 Å². The summed E-state index contributed by atoms with van der Waals surface area (Å²) >= 11 is 0. The number of nitrogens with zero attached hydrogens (tertiary/aromatic N) is 1. The van der Waals surface area contributed by atoms with E-state index in [-0.39, 0.29) is 12.1 Å². The number of hydrogen-bond donors (Lipinski definition) is 2. The van der Waals surface area contributed by atoms with Crippen LogP contribution in [0.5, 0.6) is 5.75 Å². The third kappa shape index (κ3) is 5.19. The van der Waals surface area contributed by atoms with Gasteiger partial charge in [0.25, 0.3) is 0 Å². The van der Waals surface area contributed by atoms with Crippen LogP contribution in [0.4, 0.5) is 16.2 Å². The molecule has 1 atom stereocenters. The number of hydrogen-bond acceptors (Lipinski definition) is 3. The molecule has 0 radical (unpaired) electrons. The van der Waals surface area contributed by atoms with Gasteiger partial charge in [-0.1, -0.05) is 24.3 Å². The lowest BCUT2D eigenvalue weighted by molar-refractivity contribution is 0.251. The van der Waals surface area contributed by atoms with Crippen LogP contribution in [0, 0.1) is 0 Å². The maximum absolute atomic E-state index is 12.1. The summed E-state index contributed by atoms with van der Waals surface area (Å²) in [5.74, 6) is 0.743. The number of carbonyl (C=O) groups is 1. The average molecular weight is 327 g/mol. The summed E-state index contributed by atoms with van der Waals surface area (Å²) in [5, 5.41) is 5.73. The van der Waals surface area contributed by atoms with E-state index in [4.69, 9.17) is 4.74 Å². The molecule has 0 saturated carbocycles. The van der Waals surface area contributed by atoms with Gasteiger partial charge >= 0.3 is 6.03 Å². The van der Waals surface area contributed by atoms with Crippen LogP contribution in [0.2, 0.25) is 0 Å². The summed E-state index contributed by atoms with van der Waals surface area (Å²) in [6.07, 6.45) is 0. The molecule has 0 aliphatic heterocycles. The molecule has 0 aliphatic rings. The van der Waals surface area contributed by atoms with Gasteiger partial charge < -0.3 is 20.3 Å². The first-order chi connectivity index (χ1) is 11.6. The second-order valence-electron chi connectivity index (χ2n) is 5.59. The number of nitrogens with one attached hydrogen (secondary N) is 2. The van der Waals surface area contributed by atoms with Gasteiger partial charge in [-0.15, -0.1) is 0 Å². The number of carbonyl (C=O) groups excluding carboxylic acids is 1. The predicted molar refractivity (Wildman–Crippen MR) is 98.9 cm³/mol. The summed E-state index contributed by atoms with van der Waals surface area (Å²) < 4.78 is 5.43. The van der Waals surface area contributed by atoms with E-state index < -0.39 is 0 Å². The lowest BCUT2D eigenvalue weighted by Crippen LogP contribution is -2.41. The van der Waals surface area contributed by atoms with Gasteiger partial charge in [0.1, 0.15) is 5.75 Å². The number of amides is 2. The molecule has 0 aromatic heterocycles. The Balaban J connectivity index is 1.83. The molecule has 0 aliphatic carbocycles. The molecule has 5 heteroatoms. The third-order valence-corrected chi connectivity index (χ3v) is 3.79. The number of para-hydroxylation sites is 1. The van der Waals surface area contributed by atoms with Crippen molar-refractivity contribution in [2.24, 2.45) is 0 Å². The van der Waals surface area contributed by atoms with Gasteiger partial charge in [0.2, 0.25) is 0 Å². The fourth-order valence-electron chi connectivity index (χ4n) is 2.30. The summed E-state index contributed by atoms with van der Waals surface area (Å²) in [4.78, 5) is 14.2. The van der Waals surface area contributed by atoms with Crippen molar-refractivity contribution in [3.63, 3.8) is 0 Å². The van der Waals surface area contributed by atoms with Gasteiger partial charge in [-0.05, 0) is 38.1 Å². The number of ether oxygens (including phenoxy) is 1. The average Bonchev–Trinajstić information content (AvgIpc) is 2.60. The molecular weight excluding hydrogens is 302 g/mol. The first kappa shape index (κ1) is 17.7. The second-order valence-corrected chi connectivity index (χ2v) is 5.59. The van der Waals surface area contributed by atoms with E-state index in [0.717, 1.165) is 11.4 Å². The number of benzene rings is 2. The molecule has 0 bridgehead atoms. The minimum atomic E-state index is -0.225. The Kier molecular flexibility index (Phi) is 6.49. The van der Waals surface area contributed by atoms with Crippen LogP contribution in [0.3, 0.4) is 0 Å². The fraction of sp³-hybridized carbons (Fsp3) is 0.316. The molecule has 2 aromatic carbocycles. The molecule has 0 heterocycles. The van der Waals surface area contributed by atoms with Crippen molar-refractivity contribution in [3.05, 3.63) is 54.6 Å². The van der Waals surface area contributed by atoms with Crippen LogP contribution in [0.25, 0.3) is 0 Å². The van der Waals surface area contributed by atoms with E-state index in [1.165, 1.54) is 0 Å². The fourth-order valence-corrected chi connectivity index (χ4v) is 2.30. The highest BCUT2D eigenvalue weighted by molar-refractivity contribution is 5.89. The topological polar surface area (TPSA) is 53.6 Å². The number of anilines is 2. The van der Waals surface area contributed by atoms with Crippen molar-refractivity contribution in [2.75, 3.05) is 30.4 Å². The van der Waals surface area contributed by atoms with Crippen molar-refractivity contribution in [3.8, 4) is 5.75 Å². The molecule has 5 nitrogen and oxygen atoms in total.